The third-order valence-corrected chi connectivity index (χ3v) is 4.66. The van der Waals surface area contributed by atoms with Crippen LogP contribution in [-0.2, 0) is 0 Å². The predicted molar refractivity (Wildman–Crippen MR) is 70.1 cm³/mol. The molecule has 0 spiro atoms. The van der Waals surface area contributed by atoms with Gasteiger partial charge >= 0.3 is 6.18 Å². The van der Waals surface area contributed by atoms with Crippen molar-refractivity contribution in [1.82, 2.24) is 4.90 Å². The van der Waals surface area contributed by atoms with Crippen molar-refractivity contribution in [1.29, 1.82) is 0 Å². The SMILES string of the molecule is FC(F)(F)C1C=CC=C2C1CN1C=CN=C(C3CC3)C21. The average Bonchev–Trinajstić information content (AvgIpc) is 3.16. The lowest BCUT2D eigenvalue weighted by atomic mass is 9.80. The molecule has 5 heteroatoms. The first-order valence-corrected chi connectivity index (χ1v) is 7.00. The van der Waals surface area contributed by atoms with Crippen molar-refractivity contribution in [2.45, 2.75) is 25.1 Å². The largest absolute Gasteiger partial charge is 0.395 e. The monoisotopic (exact) mass is 280 g/mol. The van der Waals surface area contributed by atoms with Crippen molar-refractivity contribution in [3.05, 3.63) is 36.2 Å². The Hall–Kier alpha value is -1.52. The summed E-state index contributed by atoms with van der Waals surface area (Å²) < 4.78 is 39.5. The number of nitrogens with zero attached hydrogens (tertiary/aromatic N) is 2. The molecule has 0 aromatic carbocycles. The molecule has 106 valence electrons. The first kappa shape index (κ1) is 12.2. The van der Waals surface area contributed by atoms with E-state index in [1.807, 2.05) is 17.2 Å². The lowest BCUT2D eigenvalue weighted by molar-refractivity contribution is -0.170. The minimum Gasteiger partial charge on any atom is -0.363 e. The summed E-state index contributed by atoms with van der Waals surface area (Å²) in [5, 5.41) is 0. The molecule has 2 fully saturated rings. The highest BCUT2D eigenvalue weighted by atomic mass is 19.4. The van der Waals surface area contributed by atoms with Gasteiger partial charge in [-0.05, 0) is 24.3 Å². The highest BCUT2D eigenvalue weighted by molar-refractivity contribution is 5.97. The Bertz CT molecular complexity index is 552. The summed E-state index contributed by atoms with van der Waals surface area (Å²) in [5.74, 6) is -1.35. The van der Waals surface area contributed by atoms with Crippen LogP contribution in [0.3, 0.4) is 0 Å². The summed E-state index contributed by atoms with van der Waals surface area (Å²) in [5.41, 5.74) is 1.96. The van der Waals surface area contributed by atoms with Crippen molar-refractivity contribution in [2.75, 3.05) is 6.54 Å². The molecular weight excluding hydrogens is 265 g/mol. The molecule has 3 atom stereocenters. The van der Waals surface area contributed by atoms with E-state index in [0.717, 1.165) is 24.1 Å². The standard InChI is InChI=1S/C15H15F3N2/c16-15(17,18)12-3-1-2-10-11(12)8-20-7-6-19-13(14(10)20)9-4-5-9/h1-3,6-7,9,11-12,14H,4-5,8H2. The number of alkyl halides is 3. The van der Waals surface area contributed by atoms with Gasteiger partial charge in [-0.2, -0.15) is 13.2 Å². The molecule has 2 aliphatic heterocycles. The van der Waals surface area contributed by atoms with Gasteiger partial charge in [0.1, 0.15) is 0 Å². The number of rotatable bonds is 1. The third-order valence-electron chi connectivity index (χ3n) is 4.66. The first-order chi connectivity index (χ1) is 9.55. The maximum absolute atomic E-state index is 13.2. The number of hydrogen-bond acceptors (Lipinski definition) is 2. The molecule has 0 aromatic rings. The fraction of sp³-hybridized carbons (Fsp3) is 0.533. The van der Waals surface area contributed by atoms with Crippen LogP contribution in [0.4, 0.5) is 13.2 Å². The van der Waals surface area contributed by atoms with E-state index < -0.39 is 18.0 Å². The van der Waals surface area contributed by atoms with Gasteiger partial charge in [0.25, 0.3) is 0 Å². The lowest BCUT2D eigenvalue weighted by Crippen LogP contribution is -2.36. The summed E-state index contributed by atoms with van der Waals surface area (Å²) in [6.07, 6.45) is 6.37. The minimum absolute atomic E-state index is 0.0349. The highest BCUT2D eigenvalue weighted by Gasteiger charge is 2.52. The molecule has 2 heterocycles. The van der Waals surface area contributed by atoms with E-state index in [4.69, 9.17) is 0 Å². The normalized spacial score (nSPS) is 35.5. The first-order valence-electron chi connectivity index (χ1n) is 7.00. The van der Waals surface area contributed by atoms with Crippen LogP contribution in [0.25, 0.3) is 0 Å². The van der Waals surface area contributed by atoms with E-state index in [-0.39, 0.29) is 6.04 Å². The van der Waals surface area contributed by atoms with Crippen LogP contribution in [0.15, 0.2) is 41.2 Å². The molecule has 1 saturated heterocycles. The van der Waals surface area contributed by atoms with E-state index >= 15 is 0 Å². The van der Waals surface area contributed by atoms with Crippen LogP contribution in [0.2, 0.25) is 0 Å². The zero-order valence-corrected chi connectivity index (χ0v) is 10.8. The second kappa shape index (κ2) is 3.99. The lowest BCUT2D eigenvalue weighted by Gasteiger charge is -2.28. The van der Waals surface area contributed by atoms with Crippen LogP contribution in [0.5, 0.6) is 0 Å². The highest BCUT2D eigenvalue weighted by Crippen LogP contribution is 2.47. The fourth-order valence-corrected chi connectivity index (χ4v) is 3.60. The molecule has 4 rings (SSSR count). The predicted octanol–water partition coefficient (Wildman–Crippen LogP) is 3.30. The fourth-order valence-electron chi connectivity index (χ4n) is 3.60. The summed E-state index contributed by atoms with van der Waals surface area (Å²) in [4.78, 5) is 6.49. The quantitative estimate of drug-likeness (QED) is 0.719. The van der Waals surface area contributed by atoms with Gasteiger partial charge in [-0.3, -0.25) is 4.99 Å². The van der Waals surface area contributed by atoms with Gasteiger partial charge in [-0.15, -0.1) is 0 Å². The van der Waals surface area contributed by atoms with E-state index in [1.54, 1.807) is 12.3 Å². The van der Waals surface area contributed by atoms with Gasteiger partial charge in [0.2, 0.25) is 0 Å². The Balaban J connectivity index is 1.71. The second-order valence-electron chi connectivity index (χ2n) is 5.95. The molecule has 0 amide bonds. The zero-order chi connectivity index (χ0) is 13.9. The number of allylic oxidation sites excluding steroid dienone is 3. The Morgan fingerprint density at radius 2 is 2.05 bits per heavy atom. The van der Waals surface area contributed by atoms with Crippen molar-refractivity contribution < 1.29 is 13.2 Å². The van der Waals surface area contributed by atoms with Crippen LogP contribution in [0, 0.1) is 17.8 Å². The molecular formula is C15H15F3N2. The van der Waals surface area contributed by atoms with Gasteiger partial charge in [-0.1, -0.05) is 18.2 Å². The van der Waals surface area contributed by atoms with E-state index in [1.165, 1.54) is 6.08 Å². The van der Waals surface area contributed by atoms with Crippen molar-refractivity contribution in [3.8, 4) is 0 Å². The van der Waals surface area contributed by atoms with Crippen LogP contribution >= 0.6 is 0 Å². The molecule has 0 N–H and O–H groups in total. The molecule has 4 aliphatic rings. The Labute approximate surface area is 115 Å². The smallest absolute Gasteiger partial charge is 0.363 e. The van der Waals surface area contributed by atoms with E-state index in [0.29, 0.717) is 12.5 Å². The van der Waals surface area contributed by atoms with Gasteiger partial charge in [0, 0.05) is 30.6 Å². The zero-order valence-electron chi connectivity index (χ0n) is 10.8. The van der Waals surface area contributed by atoms with E-state index in [9.17, 15) is 13.2 Å². The summed E-state index contributed by atoms with van der Waals surface area (Å²) in [6, 6.07) is -0.0349. The summed E-state index contributed by atoms with van der Waals surface area (Å²) in [6.45, 7) is 0.438. The van der Waals surface area contributed by atoms with Gasteiger partial charge in [-0.25, -0.2) is 0 Å². The molecule has 0 radical (unpaired) electrons. The maximum Gasteiger partial charge on any atom is 0.395 e. The minimum atomic E-state index is -4.17. The maximum atomic E-state index is 13.2. The summed E-state index contributed by atoms with van der Waals surface area (Å²) >= 11 is 0. The van der Waals surface area contributed by atoms with Crippen molar-refractivity contribution in [2.24, 2.45) is 22.7 Å². The van der Waals surface area contributed by atoms with Crippen LogP contribution in [-0.4, -0.2) is 29.4 Å². The third kappa shape index (κ3) is 1.75. The topological polar surface area (TPSA) is 15.6 Å². The molecule has 20 heavy (non-hydrogen) atoms. The Morgan fingerprint density at radius 1 is 1.25 bits per heavy atom. The van der Waals surface area contributed by atoms with Crippen molar-refractivity contribution in [3.63, 3.8) is 0 Å². The molecule has 3 unspecified atom stereocenters. The van der Waals surface area contributed by atoms with Crippen LogP contribution in [0.1, 0.15) is 12.8 Å². The molecule has 2 aliphatic carbocycles. The van der Waals surface area contributed by atoms with Crippen molar-refractivity contribution >= 4 is 5.71 Å². The Morgan fingerprint density at radius 3 is 2.75 bits per heavy atom. The average molecular weight is 280 g/mol. The Kier molecular flexibility index (Phi) is 2.44. The second-order valence-corrected chi connectivity index (χ2v) is 5.95. The van der Waals surface area contributed by atoms with Gasteiger partial charge in [0.15, 0.2) is 0 Å². The number of hydrogen-bond donors (Lipinski definition) is 0. The van der Waals surface area contributed by atoms with Gasteiger partial charge in [0.05, 0.1) is 12.0 Å². The molecule has 0 bridgehead atoms. The molecule has 1 saturated carbocycles. The number of aliphatic imine (C=N–C) groups is 1. The van der Waals surface area contributed by atoms with Gasteiger partial charge < -0.3 is 4.90 Å². The molecule has 2 nitrogen and oxygen atoms in total. The number of fused-ring (bicyclic) bond motifs is 3. The van der Waals surface area contributed by atoms with E-state index in [2.05, 4.69) is 4.99 Å². The molecule has 0 aromatic heterocycles. The number of halogens is 3. The van der Waals surface area contributed by atoms with Crippen LogP contribution < -0.4 is 0 Å². The summed E-state index contributed by atoms with van der Waals surface area (Å²) in [7, 11) is 0.